The van der Waals surface area contributed by atoms with Gasteiger partial charge in [-0.25, -0.2) is 14.8 Å². The number of aromatic amines is 1. The number of nitrogens with zero attached hydrogens (tertiary/aromatic N) is 6. The van der Waals surface area contributed by atoms with Crippen LogP contribution in [0, 0.1) is 0 Å². The topological polar surface area (TPSA) is 116 Å². The number of hydrogen-bond donors (Lipinski definition) is 3. The molecule has 8 rings (SSSR count). The number of nitrogens with one attached hydrogen (secondary N) is 3. The maximum atomic E-state index is 14.6. The fourth-order valence-corrected chi connectivity index (χ4v) is 7.77. The fourth-order valence-electron chi connectivity index (χ4n) is 7.48. The van der Waals surface area contributed by atoms with E-state index in [4.69, 9.17) is 28.2 Å². The van der Waals surface area contributed by atoms with E-state index in [2.05, 4.69) is 37.0 Å². The molecule has 0 bridgehead atoms. The molecule has 13 heteroatoms. The largest absolute Gasteiger partial charge is 0.355 e. The summed E-state index contributed by atoms with van der Waals surface area (Å²) in [4.78, 5) is 44.1. The molecule has 0 spiro atoms. The molecule has 6 aromatic rings. The van der Waals surface area contributed by atoms with Crippen molar-refractivity contribution in [3.05, 3.63) is 107 Å². The van der Waals surface area contributed by atoms with Crippen molar-refractivity contribution in [3.8, 4) is 22.5 Å². The first kappa shape index (κ1) is 32.9. The molecule has 3 aromatic carbocycles. The first-order valence-corrected chi connectivity index (χ1v) is 17.8. The number of aromatic nitrogens is 5. The van der Waals surface area contributed by atoms with Crippen molar-refractivity contribution >= 4 is 57.7 Å². The van der Waals surface area contributed by atoms with Crippen molar-refractivity contribution in [1.29, 1.82) is 0 Å². The molecule has 51 heavy (non-hydrogen) atoms. The molecule has 3 aromatic heterocycles. The monoisotopic (exact) mass is 721 g/mol. The normalized spacial score (nSPS) is 15.8. The van der Waals surface area contributed by atoms with Gasteiger partial charge in [-0.3, -0.25) is 4.79 Å². The molecule has 0 saturated carbocycles. The predicted octanol–water partition coefficient (Wildman–Crippen LogP) is 7.59. The van der Waals surface area contributed by atoms with Gasteiger partial charge < -0.3 is 34.6 Å². The molecule has 2 aliphatic rings. The minimum absolute atomic E-state index is 0.0108. The Labute approximate surface area is 305 Å². The van der Waals surface area contributed by atoms with Crippen molar-refractivity contribution in [2.75, 3.05) is 36.4 Å². The van der Waals surface area contributed by atoms with Gasteiger partial charge in [0.1, 0.15) is 5.69 Å². The SMILES string of the molecule is C[C@@H](c1ccc(Cl)cc1)n1cnc(-c2ccccc2)c1-c1c(C(=O)Nc2ncn(C)c2N2CCC(N3CCNC3=O)CC2)[nH]c2cc(Cl)ccc12. The average molecular weight is 723 g/mol. The summed E-state index contributed by atoms with van der Waals surface area (Å²) in [7, 11) is 1.93. The summed E-state index contributed by atoms with van der Waals surface area (Å²) < 4.78 is 4.04. The summed E-state index contributed by atoms with van der Waals surface area (Å²) in [5, 5.41) is 8.10. The highest BCUT2D eigenvalue weighted by atomic mass is 35.5. The summed E-state index contributed by atoms with van der Waals surface area (Å²) in [5.74, 6) is 0.945. The molecule has 5 heterocycles. The zero-order chi connectivity index (χ0) is 35.2. The van der Waals surface area contributed by atoms with Gasteiger partial charge in [-0.05, 0) is 49.6 Å². The van der Waals surface area contributed by atoms with Crippen LogP contribution in [0.25, 0.3) is 33.4 Å². The molecule has 0 unspecified atom stereocenters. The van der Waals surface area contributed by atoms with Gasteiger partial charge in [0, 0.05) is 71.3 Å². The summed E-state index contributed by atoms with van der Waals surface area (Å²) >= 11 is 12.7. The van der Waals surface area contributed by atoms with Gasteiger partial charge in [0.15, 0.2) is 11.6 Å². The number of benzene rings is 3. The highest BCUT2D eigenvalue weighted by Crippen LogP contribution is 2.42. The highest BCUT2D eigenvalue weighted by Gasteiger charge is 2.33. The number of H-pyrrole nitrogens is 1. The molecule has 11 nitrogen and oxygen atoms in total. The van der Waals surface area contributed by atoms with Crippen LogP contribution in [-0.4, -0.2) is 73.1 Å². The number of anilines is 2. The van der Waals surface area contributed by atoms with Gasteiger partial charge in [-0.2, -0.15) is 0 Å². The minimum Gasteiger partial charge on any atom is -0.355 e. The van der Waals surface area contributed by atoms with Crippen LogP contribution in [0.15, 0.2) is 85.5 Å². The summed E-state index contributed by atoms with van der Waals surface area (Å²) in [6.07, 6.45) is 5.21. The van der Waals surface area contributed by atoms with E-state index >= 15 is 0 Å². The Hall–Kier alpha value is -5.26. The predicted molar refractivity (Wildman–Crippen MR) is 202 cm³/mol. The van der Waals surface area contributed by atoms with E-state index in [1.54, 1.807) is 6.33 Å². The Bertz CT molecular complexity index is 2230. The highest BCUT2D eigenvalue weighted by molar-refractivity contribution is 6.31. The van der Waals surface area contributed by atoms with Crippen LogP contribution in [0.3, 0.4) is 0 Å². The number of aryl methyl sites for hydroxylation is 1. The quantitative estimate of drug-likeness (QED) is 0.150. The van der Waals surface area contributed by atoms with E-state index in [0.717, 1.165) is 71.7 Å². The summed E-state index contributed by atoms with van der Waals surface area (Å²) in [6, 6.07) is 23.4. The second kappa shape index (κ2) is 13.5. The number of carbonyl (C=O) groups excluding carboxylic acids is 2. The third-order valence-electron chi connectivity index (χ3n) is 10.1. The number of halogens is 2. The Morgan fingerprint density at radius 2 is 1.69 bits per heavy atom. The number of imidazole rings is 2. The lowest BCUT2D eigenvalue weighted by Crippen LogP contribution is -2.46. The van der Waals surface area contributed by atoms with E-state index in [0.29, 0.717) is 33.7 Å². The second-order valence-corrected chi connectivity index (χ2v) is 14.0. The molecule has 2 fully saturated rings. The van der Waals surface area contributed by atoms with Crippen LogP contribution in [-0.2, 0) is 7.05 Å². The van der Waals surface area contributed by atoms with Crippen LogP contribution in [0.2, 0.25) is 10.0 Å². The number of hydrogen-bond acceptors (Lipinski definition) is 5. The number of rotatable bonds is 8. The first-order valence-electron chi connectivity index (χ1n) is 17.1. The van der Waals surface area contributed by atoms with E-state index < -0.39 is 0 Å². The van der Waals surface area contributed by atoms with Crippen LogP contribution >= 0.6 is 23.2 Å². The molecule has 0 radical (unpaired) electrons. The lowest BCUT2D eigenvalue weighted by atomic mass is 9.99. The van der Waals surface area contributed by atoms with Crippen molar-refractivity contribution in [2.45, 2.75) is 31.8 Å². The zero-order valence-corrected chi connectivity index (χ0v) is 29.7. The first-order chi connectivity index (χ1) is 24.8. The van der Waals surface area contributed by atoms with Crippen molar-refractivity contribution in [2.24, 2.45) is 7.05 Å². The number of fused-ring (bicyclic) bond motifs is 1. The Balaban J connectivity index is 1.19. The van der Waals surface area contributed by atoms with Gasteiger partial charge in [0.2, 0.25) is 0 Å². The molecule has 2 saturated heterocycles. The maximum Gasteiger partial charge on any atom is 0.317 e. The molecule has 3 N–H and O–H groups in total. The molecule has 2 aliphatic heterocycles. The van der Waals surface area contributed by atoms with E-state index in [-0.39, 0.29) is 24.0 Å². The second-order valence-electron chi connectivity index (χ2n) is 13.1. The van der Waals surface area contributed by atoms with Crippen molar-refractivity contribution < 1.29 is 9.59 Å². The van der Waals surface area contributed by atoms with Crippen LogP contribution in [0.5, 0.6) is 0 Å². The average Bonchev–Trinajstić information content (AvgIpc) is 3.93. The van der Waals surface area contributed by atoms with E-state index in [1.165, 1.54) is 0 Å². The maximum absolute atomic E-state index is 14.6. The lowest BCUT2D eigenvalue weighted by molar-refractivity contribution is 0.102. The Morgan fingerprint density at radius 1 is 0.941 bits per heavy atom. The molecule has 1 atom stereocenters. The molecular formula is C38H37Cl2N9O2. The minimum atomic E-state index is -0.341. The van der Waals surface area contributed by atoms with Gasteiger partial charge >= 0.3 is 6.03 Å². The van der Waals surface area contributed by atoms with E-state index in [9.17, 15) is 9.59 Å². The Morgan fingerprint density at radius 3 is 2.41 bits per heavy atom. The lowest BCUT2D eigenvalue weighted by Gasteiger charge is -2.37. The third-order valence-corrected chi connectivity index (χ3v) is 10.6. The van der Waals surface area contributed by atoms with Gasteiger partial charge in [0.05, 0.1) is 30.1 Å². The standard InChI is InChI=1S/C38H37Cl2N9O2/c1-23(24-8-10-26(39)11-9-24)49-22-42-32(25-6-4-3-5-7-25)34(49)31-29-13-12-27(40)20-30(29)44-33(31)36(50)45-35-37(46(2)21-43-35)47-17-14-28(15-18-47)48-19-16-41-38(48)51/h3-13,20-23,28,44H,14-19H2,1-2H3,(H,41,51)(H,45,50)/t23-/m0/s1. The number of carbonyl (C=O) groups is 2. The smallest absolute Gasteiger partial charge is 0.317 e. The van der Waals surface area contributed by atoms with Crippen molar-refractivity contribution in [3.63, 3.8) is 0 Å². The van der Waals surface area contributed by atoms with Crippen LogP contribution in [0.1, 0.15) is 41.9 Å². The molecule has 3 amide bonds. The van der Waals surface area contributed by atoms with Crippen molar-refractivity contribution in [1.82, 2.24) is 34.3 Å². The van der Waals surface area contributed by atoms with Gasteiger partial charge in [-0.1, -0.05) is 71.7 Å². The number of piperidine rings is 1. The summed E-state index contributed by atoms with van der Waals surface area (Å²) in [6.45, 7) is 4.99. The molecular weight excluding hydrogens is 685 g/mol. The van der Waals surface area contributed by atoms with Crippen LogP contribution in [0.4, 0.5) is 16.4 Å². The van der Waals surface area contributed by atoms with Crippen LogP contribution < -0.4 is 15.5 Å². The molecule has 260 valence electrons. The summed E-state index contributed by atoms with van der Waals surface area (Å²) in [5.41, 5.74) is 5.29. The number of amides is 3. The van der Waals surface area contributed by atoms with Gasteiger partial charge in [-0.15, -0.1) is 0 Å². The zero-order valence-electron chi connectivity index (χ0n) is 28.2. The number of urea groups is 1. The van der Waals surface area contributed by atoms with E-state index in [1.807, 2.05) is 95.6 Å². The fraction of sp³-hybridized carbons (Fsp3) is 0.263. The Kier molecular flexibility index (Phi) is 8.69. The van der Waals surface area contributed by atoms with Gasteiger partial charge in [0.25, 0.3) is 5.91 Å². The third kappa shape index (κ3) is 6.10. The molecule has 0 aliphatic carbocycles.